The fraction of sp³-hybridized carbons (Fsp3) is 0.607. The van der Waals surface area contributed by atoms with Crippen LogP contribution in [0.2, 0.25) is 5.02 Å². The summed E-state index contributed by atoms with van der Waals surface area (Å²) < 4.78 is 10.9. The van der Waals surface area contributed by atoms with E-state index in [9.17, 15) is 5.26 Å². The summed E-state index contributed by atoms with van der Waals surface area (Å²) in [5.74, 6) is 1.40. The zero-order valence-corrected chi connectivity index (χ0v) is 21.6. The Bertz CT molecular complexity index is 1050. The third-order valence-corrected chi connectivity index (χ3v) is 8.28. The highest BCUT2D eigenvalue weighted by atomic mass is 35.5. The quantitative estimate of drug-likeness (QED) is 0.516. The van der Waals surface area contributed by atoms with Gasteiger partial charge in [-0.2, -0.15) is 5.26 Å². The molecule has 2 saturated heterocycles. The van der Waals surface area contributed by atoms with Gasteiger partial charge in [-0.1, -0.05) is 17.7 Å². The maximum Gasteiger partial charge on any atom is 0.126 e. The minimum atomic E-state index is -0.406. The summed E-state index contributed by atoms with van der Waals surface area (Å²) in [5.41, 5.74) is 2.39. The van der Waals surface area contributed by atoms with Gasteiger partial charge in [0.1, 0.15) is 5.82 Å². The van der Waals surface area contributed by atoms with E-state index >= 15 is 0 Å². The van der Waals surface area contributed by atoms with Gasteiger partial charge in [-0.25, -0.2) is 4.98 Å². The first-order chi connectivity index (χ1) is 17.6. The Kier molecular flexibility index (Phi) is 8.38. The number of nitrogens with one attached hydrogen (secondary N) is 2. The molecular formula is C28H36ClN5O2. The molecule has 1 unspecified atom stereocenters. The Morgan fingerprint density at radius 3 is 2.64 bits per heavy atom. The van der Waals surface area contributed by atoms with Gasteiger partial charge >= 0.3 is 0 Å². The van der Waals surface area contributed by atoms with E-state index in [4.69, 9.17) is 26.1 Å². The van der Waals surface area contributed by atoms with Crippen LogP contribution in [0.4, 0.5) is 5.82 Å². The molecule has 0 radical (unpaired) electrons. The molecule has 0 bridgehead atoms. The van der Waals surface area contributed by atoms with E-state index in [2.05, 4.69) is 27.8 Å². The number of halogens is 1. The average Bonchev–Trinajstić information content (AvgIpc) is 3.43. The van der Waals surface area contributed by atoms with Crippen LogP contribution >= 0.6 is 11.6 Å². The van der Waals surface area contributed by atoms with Crippen LogP contribution in [-0.2, 0) is 15.9 Å². The van der Waals surface area contributed by atoms with Gasteiger partial charge in [0, 0.05) is 55.9 Å². The molecule has 5 rings (SSSR count). The summed E-state index contributed by atoms with van der Waals surface area (Å²) in [6.45, 7) is 3.57. The van der Waals surface area contributed by atoms with Crippen molar-refractivity contribution in [3.63, 3.8) is 0 Å². The fourth-order valence-corrected chi connectivity index (χ4v) is 5.85. The summed E-state index contributed by atoms with van der Waals surface area (Å²) in [7, 11) is 0. The molecule has 8 heteroatoms. The second-order valence-electron chi connectivity index (χ2n) is 10.6. The molecule has 7 nitrogen and oxygen atoms in total. The first-order valence-corrected chi connectivity index (χ1v) is 13.7. The van der Waals surface area contributed by atoms with Crippen LogP contribution in [0.15, 0.2) is 30.5 Å². The predicted molar refractivity (Wildman–Crippen MR) is 141 cm³/mol. The fourth-order valence-electron chi connectivity index (χ4n) is 5.65. The Morgan fingerprint density at radius 1 is 1.06 bits per heavy atom. The molecule has 2 N–H and O–H groups in total. The largest absolute Gasteiger partial charge is 0.381 e. The van der Waals surface area contributed by atoms with Crippen LogP contribution in [-0.4, -0.2) is 55.0 Å². The molecule has 0 spiro atoms. The lowest BCUT2D eigenvalue weighted by molar-refractivity contribution is 0.0455. The molecule has 192 valence electrons. The van der Waals surface area contributed by atoms with Crippen LogP contribution in [0.5, 0.6) is 0 Å². The minimum absolute atomic E-state index is 0.406. The standard InChI is InChI=1S/C28H36ClN5O2/c29-25-16-31-23(14-20-4-6-21(7-5-20)33-22-8-11-36-17-22)15-24(25)26-2-1-3-27(34-26)32-19-28(18-30)9-12-35-13-10-28/h1-3,15-16,20-22,33H,4-14,17,19H2,(H,32,34). The van der Waals surface area contributed by atoms with Gasteiger partial charge in [0.25, 0.3) is 0 Å². The van der Waals surface area contributed by atoms with Crippen LogP contribution in [0.25, 0.3) is 11.3 Å². The maximum absolute atomic E-state index is 9.73. The van der Waals surface area contributed by atoms with Gasteiger partial charge in [-0.05, 0) is 75.5 Å². The van der Waals surface area contributed by atoms with Gasteiger partial charge in [0.05, 0.1) is 28.8 Å². The lowest BCUT2D eigenvalue weighted by Gasteiger charge is -2.31. The third-order valence-electron chi connectivity index (χ3n) is 7.98. The number of anilines is 1. The summed E-state index contributed by atoms with van der Waals surface area (Å²) in [5, 5.41) is 17.5. The van der Waals surface area contributed by atoms with E-state index in [1.807, 2.05) is 18.2 Å². The summed E-state index contributed by atoms with van der Waals surface area (Å²) in [4.78, 5) is 9.46. The molecule has 1 saturated carbocycles. The number of aromatic nitrogens is 2. The minimum Gasteiger partial charge on any atom is -0.381 e. The summed E-state index contributed by atoms with van der Waals surface area (Å²) in [6.07, 6.45) is 10.2. The van der Waals surface area contributed by atoms with Gasteiger partial charge < -0.3 is 20.1 Å². The van der Waals surface area contributed by atoms with Crippen molar-refractivity contribution < 1.29 is 9.47 Å². The van der Waals surface area contributed by atoms with Crippen LogP contribution < -0.4 is 10.6 Å². The van der Waals surface area contributed by atoms with Crippen LogP contribution in [0.1, 0.15) is 50.6 Å². The molecule has 0 amide bonds. The second kappa shape index (κ2) is 11.9. The number of hydrogen-bond donors (Lipinski definition) is 2. The van der Waals surface area contributed by atoms with E-state index in [0.29, 0.717) is 42.8 Å². The molecule has 4 heterocycles. The maximum atomic E-state index is 9.73. The summed E-state index contributed by atoms with van der Waals surface area (Å²) >= 11 is 6.57. The van der Waals surface area contributed by atoms with Crippen molar-refractivity contribution in [2.75, 3.05) is 38.3 Å². The smallest absolute Gasteiger partial charge is 0.126 e. The lowest BCUT2D eigenvalue weighted by atomic mass is 9.82. The number of ether oxygens (including phenoxy) is 2. The predicted octanol–water partition coefficient (Wildman–Crippen LogP) is 5.01. The SMILES string of the molecule is N#CC1(CNc2cccc(-c3cc(CC4CCC(NC5CCOC5)CC4)ncc3Cl)n2)CCOCC1. The molecule has 3 fully saturated rings. The van der Waals surface area contributed by atoms with Crippen molar-refractivity contribution >= 4 is 17.4 Å². The van der Waals surface area contributed by atoms with Crippen molar-refractivity contribution in [1.82, 2.24) is 15.3 Å². The highest BCUT2D eigenvalue weighted by molar-refractivity contribution is 6.33. The van der Waals surface area contributed by atoms with Crippen molar-refractivity contribution in [3.8, 4) is 17.3 Å². The Hall–Kier alpha value is -2.24. The number of nitriles is 1. The third kappa shape index (κ3) is 6.36. The van der Waals surface area contributed by atoms with Crippen molar-refractivity contribution in [2.24, 2.45) is 11.3 Å². The van der Waals surface area contributed by atoms with E-state index in [1.165, 1.54) is 25.7 Å². The van der Waals surface area contributed by atoms with Crippen LogP contribution in [0.3, 0.4) is 0 Å². The van der Waals surface area contributed by atoms with Crippen molar-refractivity contribution in [1.29, 1.82) is 5.26 Å². The number of nitrogens with zero attached hydrogens (tertiary/aromatic N) is 3. The van der Waals surface area contributed by atoms with Gasteiger partial charge in [-0.15, -0.1) is 0 Å². The first-order valence-electron chi connectivity index (χ1n) is 13.3. The topological polar surface area (TPSA) is 92.1 Å². The van der Waals surface area contributed by atoms with Crippen molar-refractivity contribution in [2.45, 2.75) is 63.5 Å². The normalized spacial score (nSPS) is 25.8. The van der Waals surface area contributed by atoms with Crippen molar-refractivity contribution in [3.05, 3.63) is 41.2 Å². The van der Waals surface area contributed by atoms with Gasteiger partial charge in [-0.3, -0.25) is 4.98 Å². The van der Waals surface area contributed by atoms with Gasteiger partial charge in [0.2, 0.25) is 0 Å². The second-order valence-corrected chi connectivity index (χ2v) is 11.0. The summed E-state index contributed by atoms with van der Waals surface area (Å²) in [6, 6.07) is 11.6. The van der Waals surface area contributed by atoms with E-state index in [1.54, 1.807) is 6.20 Å². The number of pyridine rings is 2. The molecule has 1 atom stereocenters. The first kappa shape index (κ1) is 25.4. The number of rotatable bonds is 8. The molecule has 0 aromatic carbocycles. The Balaban J connectivity index is 1.20. The molecule has 36 heavy (non-hydrogen) atoms. The molecule has 3 aliphatic rings. The molecular weight excluding hydrogens is 474 g/mol. The zero-order chi connectivity index (χ0) is 24.8. The lowest BCUT2D eigenvalue weighted by Crippen LogP contribution is -2.41. The monoisotopic (exact) mass is 509 g/mol. The van der Waals surface area contributed by atoms with Crippen LogP contribution in [0, 0.1) is 22.7 Å². The van der Waals surface area contributed by atoms with E-state index in [-0.39, 0.29) is 0 Å². The molecule has 2 aliphatic heterocycles. The van der Waals surface area contributed by atoms with Gasteiger partial charge in [0.15, 0.2) is 0 Å². The van der Waals surface area contributed by atoms with E-state index < -0.39 is 5.41 Å². The average molecular weight is 510 g/mol. The van der Waals surface area contributed by atoms with E-state index in [0.717, 1.165) is 61.7 Å². The highest BCUT2D eigenvalue weighted by Crippen LogP contribution is 2.33. The highest BCUT2D eigenvalue weighted by Gasteiger charge is 2.32. The molecule has 2 aromatic rings. The molecule has 1 aliphatic carbocycles. The Morgan fingerprint density at radius 2 is 1.89 bits per heavy atom. The zero-order valence-electron chi connectivity index (χ0n) is 20.8. The Labute approximate surface area is 219 Å². The number of hydrogen-bond acceptors (Lipinski definition) is 7. The molecule has 2 aromatic heterocycles.